The molecule has 152 valence electrons. The Morgan fingerprint density at radius 1 is 0.893 bits per heavy atom. The van der Waals surface area contributed by atoms with Crippen molar-refractivity contribution in [1.82, 2.24) is 5.32 Å². The molecule has 0 amide bonds. The zero-order chi connectivity index (χ0) is 19.8. The average Bonchev–Trinajstić information content (AvgIpc) is 2.74. The van der Waals surface area contributed by atoms with Crippen molar-refractivity contribution in [3.8, 4) is 11.5 Å². The lowest BCUT2D eigenvalue weighted by molar-refractivity contribution is -0.0214. The molecule has 0 spiro atoms. The van der Waals surface area contributed by atoms with E-state index in [1.807, 2.05) is 24.3 Å². The van der Waals surface area contributed by atoms with Crippen molar-refractivity contribution in [1.29, 1.82) is 0 Å². The van der Waals surface area contributed by atoms with Gasteiger partial charge in [0, 0.05) is 12.5 Å². The molecule has 1 atom stereocenters. The molecule has 0 heterocycles. The van der Waals surface area contributed by atoms with E-state index in [2.05, 4.69) is 29.6 Å². The van der Waals surface area contributed by atoms with Gasteiger partial charge >= 0.3 is 0 Å². The molecule has 2 aromatic carbocycles. The van der Waals surface area contributed by atoms with Crippen molar-refractivity contribution < 1.29 is 14.6 Å². The number of ether oxygens (including phenoxy) is 2. The van der Waals surface area contributed by atoms with E-state index >= 15 is 0 Å². The number of aliphatic hydroxyl groups is 1. The summed E-state index contributed by atoms with van der Waals surface area (Å²) in [7, 11) is 3.37. The lowest BCUT2D eigenvalue weighted by atomic mass is 9.72. The number of nitrogens with one attached hydrogen (secondary N) is 1. The highest BCUT2D eigenvalue weighted by atomic mass is 16.5. The summed E-state index contributed by atoms with van der Waals surface area (Å²) in [6.45, 7) is 1.66. The first-order valence-electron chi connectivity index (χ1n) is 10.3. The van der Waals surface area contributed by atoms with E-state index in [4.69, 9.17) is 9.47 Å². The summed E-state index contributed by atoms with van der Waals surface area (Å²) in [6.07, 6.45) is 6.15. The average molecular weight is 384 g/mol. The van der Waals surface area contributed by atoms with Gasteiger partial charge in [-0.25, -0.2) is 0 Å². The number of benzene rings is 2. The monoisotopic (exact) mass is 383 g/mol. The van der Waals surface area contributed by atoms with E-state index in [-0.39, 0.29) is 5.92 Å². The van der Waals surface area contributed by atoms with Crippen LogP contribution < -0.4 is 14.8 Å². The van der Waals surface area contributed by atoms with Crippen molar-refractivity contribution in [2.45, 2.75) is 50.0 Å². The molecule has 2 aromatic rings. The summed E-state index contributed by atoms with van der Waals surface area (Å²) < 4.78 is 10.5. The van der Waals surface area contributed by atoms with Crippen molar-refractivity contribution in [3.05, 3.63) is 59.7 Å². The van der Waals surface area contributed by atoms with E-state index < -0.39 is 5.60 Å². The molecule has 4 nitrogen and oxygen atoms in total. The zero-order valence-electron chi connectivity index (χ0n) is 17.1. The first-order valence-corrected chi connectivity index (χ1v) is 10.3. The minimum atomic E-state index is -0.625. The molecule has 28 heavy (non-hydrogen) atoms. The number of hydrogen-bond donors (Lipinski definition) is 2. The Morgan fingerprint density at radius 3 is 2.04 bits per heavy atom. The molecule has 4 heteroatoms. The predicted octanol–water partition coefficient (Wildman–Crippen LogP) is 4.31. The Bertz CT molecular complexity index is 706. The SMILES string of the molecule is COc1ccc(CCNC[C@H](c2ccc(OC)cc2)C2(O)CCCCC2)cc1. The second-order valence-electron chi connectivity index (χ2n) is 7.79. The van der Waals surface area contributed by atoms with Crippen LogP contribution in [0.25, 0.3) is 0 Å². The third-order valence-corrected chi connectivity index (χ3v) is 5.98. The minimum Gasteiger partial charge on any atom is -0.497 e. The lowest BCUT2D eigenvalue weighted by Crippen LogP contribution is -2.43. The highest BCUT2D eigenvalue weighted by Crippen LogP contribution is 2.40. The molecule has 0 saturated heterocycles. The summed E-state index contributed by atoms with van der Waals surface area (Å²) in [6, 6.07) is 16.4. The summed E-state index contributed by atoms with van der Waals surface area (Å²) in [5.41, 5.74) is 1.84. The molecule has 2 N–H and O–H groups in total. The second kappa shape index (κ2) is 9.94. The fourth-order valence-electron chi connectivity index (χ4n) is 4.24. The maximum Gasteiger partial charge on any atom is 0.118 e. The van der Waals surface area contributed by atoms with Crippen LogP contribution in [0.15, 0.2) is 48.5 Å². The largest absolute Gasteiger partial charge is 0.497 e. The van der Waals surface area contributed by atoms with E-state index in [1.165, 1.54) is 17.5 Å². The van der Waals surface area contributed by atoms with E-state index in [0.29, 0.717) is 0 Å². The molecule has 1 aliphatic rings. The maximum atomic E-state index is 11.4. The van der Waals surface area contributed by atoms with Crippen molar-refractivity contribution in [3.63, 3.8) is 0 Å². The fourth-order valence-corrected chi connectivity index (χ4v) is 4.24. The molecule has 0 aromatic heterocycles. The van der Waals surface area contributed by atoms with Gasteiger partial charge in [-0.3, -0.25) is 0 Å². The van der Waals surface area contributed by atoms with Gasteiger partial charge in [0.1, 0.15) is 11.5 Å². The standard InChI is InChI=1S/C24H33NO3/c1-27-21-10-6-19(7-11-21)14-17-25-18-23(24(26)15-4-3-5-16-24)20-8-12-22(28-2)13-9-20/h6-13,23,25-26H,3-5,14-18H2,1-2H3/t23-/m1/s1. The van der Waals surface area contributed by atoms with Gasteiger partial charge < -0.3 is 19.9 Å². The van der Waals surface area contributed by atoms with E-state index in [1.54, 1.807) is 14.2 Å². The summed E-state index contributed by atoms with van der Waals surface area (Å²) in [4.78, 5) is 0. The molecule has 0 aliphatic heterocycles. The third kappa shape index (κ3) is 5.27. The van der Waals surface area contributed by atoms with Crippen molar-refractivity contribution in [2.75, 3.05) is 27.3 Å². The van der Waals surface area contributed by atoms with Crippen LogP contribution in [-0.4, -0.2) is 38.0 Å². The molecular formula is C24H33NO3. The van der Waals surface area contributed by atoms with Gasteiger partial charge in [0.2, 0.25) is 0 Å². The molecule has 0 radical (unpaired) electrons. The molecule has 1 aliphatic carbocycles. The topological polar surface area (TPSA) is 50.7 Å². The molecule has 3 rings (SSSR count). The molecule has 1 saturated carbocycles. The van der Waals surface area contributed by atoms with Gasteiger partial charge in [0.05, 0.1) is 19.8 Å². The Labute approximate surface area is 168 Å². The first kappa shape index (κ1) is 20.7. The Kier molecular flexibility index (Phi) is 7.35. The van der Waals surface area contributed by atoms with Crippen LogP contribution in [0.5, 0.6) is 11.5 Å². The zero-order valence-corrected chi connectivity index (χ0v) is 17.1. The molecule has 1 fully saturated rings. The molecule has 0 unspecified atom stereocenters. The fraction of sp³-hybridized carbons (Fsp3) is 0.500. The number of rotatable bonds is 9. The van der Waals surface area contributed by atoms with Crippen molar-refractivity contribution >= 4 is 0 Å². The highest BCUT2D eigenvalue weighted by molar-refractivity contribution is 5.31. The minimum absolute atomic E-state index is 0.0922. The summed E-state index contributed by atoms with van der Waals surface area (Å²) in [5.74, 6) is 1.83. The molecular weight excluding hydrogens is 350 g/mol. The van der Waals surface area contributed by atoms with Crippen LogP contribution in [0, 0.1) is 0 Å². The predicted molar refractivity (Wildman–Crippen MR) is 113 cm³/mol. The van der Waals surface area contributed by atoms with Crippen LogP contribution in [0.1, 0.15) is 49.1 Å². The Balaban J connectivity index is 1.62. The highest BCUT2D eigenvalue weighted by Gasteiger charge is 2.38. The maximum absolute atomic E-state index is 11.4. The van der Waals surface area contributed by atoms with Crippen LogP contribution in [-0.2, 0) is 6.42 Å². The number of methoxy groups -OCH3 is 2. The van der Waals surface area contributed by atoms with Gasteiger partial charge in [-0.15, -0.1) is 0 Å². The van der Waals surface area contributed by atoms with Gasteiger partial charge in [-0.2, -0.15) is 0 Å². The first-order chi connectivity index (χ1) is 13.6. The van der Waals surface area contributed by atoms with Gasteiger partial charge in [-0.1, -0.05) is 43.5 Å². The van der Waals surface area contributed by atoms with Crippen LogP contribution in [0.4, 0.5) is 0 Å². The summed E-state index contributed by atoms with van der Waals surface area (Å²) >= 11 is 0. The normalized spacial score (nSPS) is 17.1. The quantitative estimate of drug-likeness (QED) is 0.634. The van der Waals surface area contributed by atoms with Crippen LogP contribution in [0.3, 0.4) is 0 Å². The van der Waals surface area contributed by atoms with E-state index in [0.717, 1.165) is 56.7 Å². The lowest BCUT2D eigenvalue weighted by Gasteiger charge is -2.40. The smallest absolute Gasteiger partial charge is 0.118 e. The third-order valence-electron chi connectivity index (χ3n) is 5.98. The van der Waals surface area contributed by atoms with Crippen LogP contribution >= 0.6 is 0 Å². The summed E-state index contributed by atoms with van der Waals surface area (Å²) in [5, 5.41) is 15.0. The van der Waals surface area contributed by atoms with Crippen LogP contribution in [0.2, 0.25) is 0 Å². The second-order valence-corrected chi connectivity index (χ2v) is 7.79. The van der Waals surface area contributed by atoms with Crippen molar-refractivity contribution in [2.24, 2.45) is 0 Å². The number of hydrogen-bond acceptors (Lipinski definition) is 4. The van der Waals surface area contributed by atoms with Gasteiger partial charge in [0.15, 0.2) is 0 Å². The van der Waals surface area contributed by atoms with Gasteiger partial charge in [0.25, 0.3) is 0 Å². The molecule has 0 bridgehead atoms. The Hall–Kier alpha value is -2.04. The van der Waals surface area contributed by atoms with Gasteiger partial charge in [-0.05, 0) is 61.2 Å². The Morgan fingerprint density at radius 2 is 1.46 bits per heavy atom. The van der Waals surface area contributed by atoms with E-state index in [9.17, 15) is 5.11 Å².